The van der Waals surface area contributed by atoms with Gasteiger partial charge in [0, 0.05) is 6.42 Å². The van der Waals surface area contributed by atoms with Crippen molar-refractivity contribution in [3.05, 3.63) is 11.7 Å². The van der Waals surface area contributed by atoms with E-state index in [-0.39, 0.29) is 6.54 Å². The average molecular weight is 185 g/mol. The lowest BCUT2D eigenvalue weighted by Crippen LogP contribution is -2.21. The first kappa shape index (κ1) is 9.66. The van der Waals surface area contributed by atoms with Crippen LogP contribution in [0.5, 0.6) is 0 Å². The summed E-state index contributed by atoms with van der Waals surface area (Å²) in [5, 5.41) is 14.6. The molecular formula is C7H11N3O3. The van der Waals surface area contributed by atoms with Gasteiger partial charge in [-0.05, 0) is 0 Å². The van der Waals surface area contributed by atoms with Gasteiger partial charge in [-0.2, -0.15) is 4.98 Å². The lowest BCUT2D eigenvalue weighted by molar-refractivity contribution is -0.136. The van der Waals surface area contributed by atoms with Crippen molar-refractivity contribution in [3.8, 4) is 0 Å². The van der Waals surface area contributed by atoms with E-state index in [0.29, 0.717) is 24.7 Å². The van der Waals surface area contributed by atoms with Crippen molar-refractivity contribution in [1.82, 2.24) is 15.5 Å². The number of rotatable bonds is 5. The lowest BCUT2D eigenvalue weighted by atomic mass is 10.5. The van der Waals surface area contributed by atoms with Crippen LogP contribution in [0.25, 0.3) is 0 Å². The van der Waals surface area contributed by atoms with Gasteiger partial charge in [0.1, 0.15) is 0 Å². The van der Waals surface area contributed by atoms with E-state index >= 15 is 0 Å². The number of nitrogens with one attached hydrogen (secondary N) is 1. The highest BCUT2D eigenvalue weighted by Gasteiger charge is 2.04. The van der Waals surface area contributed by atoms with Crippen LogP contribution < -0.4 is 5.32 Å². The van der Waals surface area contributed by atoms with E-state index in [2.05, 4.69) is 15.5 Å². The zero-order valence-corrected chi connectivity index (χ0v) is 7.28. The quantitative estimate of drug-likeness (QED) is 0.660. The van der Waals surface area contributed by atoms with Crippen LogP contribution in [0.2, 0.25) is 0 Å². The van der Waals surface area contributed by atoms with Crippen LogP contribution in [0.3, 0.4) is 0 Å². The normalized spacial score (nSPS) is 10.2. The van der Waals surface area contributed by atoms with E-state index in [4.69, 9.17) is 9.63 Å². The third-order valence-electron chi connectivity index (χ3n) is 1.38. The summed E-state index contributed by atoms with van der Waals surface area (Å²) in [6, 6.07) is 0. The van der Waals surface area contributed by atoms with Gasteiger partial charge in [0.05, 0.1) is 13.1 Å². The predicted octanol–water partition coefficient (Wildman–Crippen LogP) is -0.194. The van der Waals surface area contributed by atoms with Crippen molar-refractivity contribution >= 4 is 5.97 Å². The van der Waals surface area contributed by atoms with Gasteiger partial charge in [-0.25, -0.2) is 0 Å². The molecule has 0 aliphatic carbocycles. The van der Waals surface area contributed by atoms with Crippen molar-refractivity contribution in [2.75, 3.05) is 6.54 Å². The second-order valence-corrected chi connectivity index (χ2v) is 2.46. The third-order valence-corrected chi connectivity index (χ3v) is 1.38. The molecule has 6 nitrogen and oxygen atoms in total. The molecule has 72 valence electrons. The van der Waals surface area contributed by atoms with Crippen molar-refractivity contribution in [1.29, 1.82) is 0 Å². The summed E-state index contributed by atoms with van der Waals surface area (Å²) in [5.74, 6) is 0.139. The SMILES string of the molecule is CCc1noc(CNCC(=O)O)n1. The Morgan fingerprint density at radius 1 is 1.69 bits per heavy atom. The van der Waals surface area contributed by atoms with E-state index in [1.807, 2.05) is 6.92 Å². The number of aryl methyl sites for hydroxylation is 1. The van der Waals surface area contributed by atoms with Crippen LogP contribution in [0, 0.1) is 0 Å². The fourth-order valence-corrected chi connectivity index (χ4v) is 0.782. The maximum Gasteiger partial charge on any atom is 0.317 e. The van der Waals surface area contributed by atoms with Gasteiger partial charge in [-0.15, -0.1) is 0 Å². The minimum absolute atomic E-state index is 0.107. The van der Waals surface area contributed by atoms with Crippen LogP contribution in [0.15, 0.2) is 4.52 Å². The van der Waals surface area contributed by atoms with Crippen molar-refractivity contribution in [2.24, 2.45) is 0 Å². The lowest BCUT2D eigenvalue weighted by Gasteiger charge is -1.94. The summed E-state index contributed by atoms with van der Waals surface area (Å²) in [6.07, 6.45) is 0.711. The average Bonchev–Trinajstić information content (AvgIpc) is 2.52. The topological polar surface area (TPSA) is 88.2 Å². The molecule has 13 heavy (non-hydrogen) atoms. The number of nitrogens with zero attached hydrogens (tertiary/aromatic N) is 2. The molecule has 0 aliphatic heterocycles. The maximum absolute atomic E-state index is 10.1. The Kier molecular flexibility index (Phi) is 3.39. The Labute approximate surface area is 74.9 Å². The van der Waals surface area contributed by atoms with Gasteiger partial charge in [0.25, 0.3) is 0 Å². The Morgan fingerprint density at radius 3 is 3.00 bits per heavy atom. The molecule has 0 fully saturated rings. The Hall–Kier alpha value is -1.43. The van der Waals surface area contributed by atoms with Crippen LogP contribution in [0.4, 0.5) is 0 Å². The van der Waals surface area contributed by atoms with Gasteiger partial charge in [0.2, 0.25) is 5.89 Å². The second-order valence-electron chi connectivity index (χ2n) is 2.46. The Balaban J connectivity index is 2.32. The van der Waals surface area contributed by atoms with Gasteiger partial charge >= 0.3 is 5.97 Å². The number of carboxylic acids is 1. The van der Waals surface area contributed by atoms with Gasteiger partial charge in [-0.3, -0.25) is 10.1 Å². The molecule has 0 aliphatic rings. The number of hydrogen-bond donors (Lipinski definition) is 2. The highest BCUT2D eigenvalue weighted by atomic mass is 16.5. The Bertz CT molecular complexity index is 284. The minimum atomic E-state index is -0.907. The molecule has 0 saturated heterocycles. The van der Waals surface area contributed by atoms with Crippen LogP contribution >= 0.6 is 0 Å². The van der Waals surface area contributed by atoms with Crippen LogP contribution in [0.1, 0.15) is 18.6 Å². The van der Waals surface area contributed by atoms with Crippen LogP contribution in [-0.2, 0) is 17.8 Å². The molecule has 2 N–H and O–H groups in total. The molecule has 0 amide bonds. The van der Waals surface area contributed by atoms with E-state index in [9.17, 15) is 4.79 Å². The molecule has 1 aromatic heterocycles. The number of carboxylic acid groups (broad SMARTS) is 1. The van der Waals surface area contributed by atoms with E-state index in [1.54, 1.807) is 0 Å². The number of hydrogen-bond acceptors (Lipinski definition) is 5. The first-order valence-corrected chi connectivity index (χ1v) is 3.96. The predicted molar refractivity (Wildman–Crippen MR) is 43.0 cm³/mol. The summed E-state index contributed by atoms with van der Waals surface area (Å²) in [4.78, 5) is 14.1. The Morgan fingerprint density at radius 2 is 2.46 bits per heavy atom. The fourth-order valence-electron chi connectivity index (χ4n) is 0.782. The summed E-state index contributed by atoms with van der Waals surface area (Å²) in [6.45, 7) is 2.10. The van der Waals surface area contributed by atoms with E-state index in [1.165, 1.54) is 0 Å². The summed E-state index contributed by atoms with van der Waals surface area (Å²) < 4.78 is 4.82. The zero-order valence-electron chi connectivity index (χ0n) is 7.28. The smallest absolute Gasteiger partial charge is 0.317 e. The molecule has 0 unspecified atom stereocenters. The molecule has 0 atom stereocenters. The molecule has 0 spiro atoms. The van der Waals surface area contributed by atoms with Crippen LogP contribution in [-0.4, -0.2) is 27.8 Å². The number of aromatic nitrogens is 2. The second kappa shape index (κ2) is 4.56. The molecule has 0 aromatic carbocycles. The van der Waals surface area contributed by atoms with Gasteiger partial charge in [-0.1, -0.05) is 12.1 Å². The molecule has 1 heterocycles. The molecule has 1 aromatic rings. The first-order chi connectivity index (χ1) is 6.22. The van der Waals surface area contributed by atoms with Crippen molar-refractivity contribution < 1.29 is 14.4 Å². The first-order valence-electron chi connectivity index (χ1n) is 3.96. The van der Waals surface area contributed by atoms with E-state index in [0.717, 1.165) is 0 Å². The number of carbonyl (C=O) groups is 1. The maximum atomic E-state index is 10.1. The zero-order chi connectivity index (χ0) is 9.68. The number of aliphatic carboxylic acids is 1. The molecule has 1 rings (SSSR count). The molecule has 6 heteroatoms. The highest BCUT2D eigenvalue weighted by molar-refractivity contribution is 5.68. The molecule has 0 radical (unpaired) electrons. The monoisotopic (exact) mass is 185 g/mol. The van der Waals surface area contributed by atoms with E-state index < -0.39 is 5.97 Å². The highest BCUT2D eigenvalue weighted by Crippen LogP contribution is 1.96. The fraction of sp³-hybridized carbons (Fsp3) is 0.571. The standard InChI is InChI=1S/C7H11N3O3/c1-2-5-9-6(13-10-5)3-8-4-7(11)12/h8H,2-4H2,1H3,(H,11,12). The summed E-state index contributed by atoms with van der Waals surface area (Å²) in [5.41, 5.74) is 0. The minimum Gasteiger partial charge on any atom is -0.480 e. The third kappa shape index (κ3) is 3.20. The molecule has 0 saturated carbocycles. The summed E-state index contributed by atoms with van der Waals surface area (Å²) in [7, 11) is 0. The van der Waals surface area contributed by atoms with Crippen molar-refractivity contribution in [2.45, 2.75) is 19.9 Å². The molecule has 0 bridgehead atoms. The molecular weight excluding hydrogens is 174 g/mol. The van der Waals surface area contributed by atoms with Crippen molar-refractivity contribution in [3.63, 3.8) is 0 Å². The van der Waals surface area contributed by atoms with Gasteiger partial charge in [0.15, 0.2) is 5.82 Å². The largest absolute Gasteiger partial charge is 0.480 e. The summed E-state index contributed by atoms with van der Waals surface area (Å²) >= 11 is 0. The van der Waals surface area contributed by atoms with Gasteiger partial charge < -0.3 is 9.63 Å².